The van der Waals surface area contributed by atoms with E-state index in [1.54, 1.807) is 13.0 Å². The summed E-state index contributed by atoms with van der Waals surface area (Å²) in [6.45, 7) is 9.77. The maximum absolute atomic E-state index is 12.7. The first kappa shape index (κ1) is 21.8. The van der Waals surface area contributed by atoms with E-state index in [1.165, 1.54) is 12.1 Å². The fraction of sp³-hybridized carbons (Fsp3) is 0.632. The molecule has 1 aromatic rings. The highest BCUT2D eigenvalue weighted by atomic mass is 32.2. The van der Waals surface area contributed by atoms with Crippen LogP contribution in [0.1, 0.15) is 42.6 Å². The zero-order valence-corrected chi connectivity index (χ0v) is 17.2. The summed E-state index contributed by atoms with van der Waals surface area (Å²) in [5, 5.41) is 8.20. The summed E-state index contributed by atoms with van der Waals surface area (Å²) >= 11 is 0. The molecule has 0 aromatic heterocycles. The van der Waals surface area contributed by atoms with Crippen molar-refractivity contribution >= 4 is 15.9 Å². The third-order valence-electron chi connectivity index (χ3n) is 5.36. The molecule has 1 fully saturated rings. The van der Waals surface area contributed by atoms with Gasteiger partial charge in [0, 0.05) is 31.2 Å². The van der Waals surface area contributed by atoms with Crippen LogP contribution in [0.3, 0.4) is 0 Å². The van der Waals surface area contributed by atoms with Gasteiger partial charge in [-0.3, -0.25) is 9.69 Å². The van der Waals surface area contributed by atoms with Gasteiger partial charge in [-0.1, -0.05) is 32.8 Å². The molecule has 1 amide bonds. The van der Waals surface area contributed by atoms with E-state index in [0.29, 0.717) is 36.8 Å². The van der Waals surface area contributed by atoms with Crippen LogP contribution in [0.4, 0.5) is 0 Å². The van der Waals surface area contributed by atoms with Crippen LogP contribution in [-0.4, -0.2) is 58.1 Å². The highest BCUT2D eigenvalue weighted by Crippen LogP contribution is 2.20. The number of nitrogens with zero attached hydrogens (tertiary/aromatic N) is 1. The standard InChI is InChI=1S/C19H31N3O4S/c1-4-15(5-2)18(22-8-10-26-11-9-22)13-21-19(23)17-12-16(27(20,24)25)7-6-14(17)3/h6-7,12,15,18H,4-5,8-11,13H2,1-3H3,(H,21,23)(H2,20,24,25)/t18-/m1/s1. The van der Waals surface area contributed by atoms with Crippen LogP contribution in [0.2, 0.25) is 0 Å². The van der Waals surface area contributed by atoms with Crippen LogP contribution >= 0.6 is 0 Å². The van der Waals surface area contributed by atoms with Crippen LogP contribution in [0.5, 0.6) is 0 Å². The second-order valence-corrected chi connectivity index (χ2v) is 8.59. The minimum Gasteiger partial charge on any atom is -0.379 e. The molecule has 0 unspecified atom stereocenters. The highest BCUT2D eigenvalue weighted by Gasteiger charge is 2.27. The van der Waals surface area contributed by atoms with Crippen molar-refractivity contribution in [1.29, 1.82) is 0 Å². The summed E-state index contributed by atoms with van der Waals surface area (Å²) in [6, 6.07) is 4.60. The maximum Gasteiger partial charge on any atom is 0.251 e. The van der Waals surface area contributed by atoms with E-state index in [1.807, 2.05) is 0 Å². The Balaban J connectivity index is 2.15. The molecule has 1 aromatic carbocycles. The number of nitrogens with one attached hydrogen (secondary N) is 1. The molecule has 8 heteroatoms. The topological polar surface area (TPSA) is 102 Å². The van der Waals surface area contributed by atoms with Gasteiger partial charge in [-0.25, -0.2) is 13.6 Å². The predicted molar refractivity (Wildman–Crippen MR) is 105 cm³/mol. The molecule has 0 radical (unpaired) electrons. The van der Waals surface area contributed by atoms with E-state index in [4.69, 9.17) is 9.88 Å². The molecule has 0 spiro atoms. The Morgan fingerprint density at radius 3 is 2.44 bits per heavy atom. The molecule has 1 aliphatic heterocycles. The average Bonchev–Trinajstić information content (AvgIpc) is 2.65. The van der Waals surface area contributed by atoms with Crippen molar-refractivity contribution in [3.63, 3.8) is 0 Å². The monoisotopic (exact) mass is 397 g/mol. The van der Waals surface area contributed by atoms with Crippen molar-refractivity contribution in [3.05, 3.63) is 29.3 Å². The van der Waals surface area contributed by atoms with Gasteiger partial charge in [0.25, 0.3) is 5.91 Å². The fourth-order valence-electron chi connectivity index (χ4n) is 3.65. The van der Waals surface area contributed by atoms with E-state index in [2.05, 4.69) is 24.1 Å². The molecule has 1 atom stereocenters. The Kier molecular flexibility index (Phi) is 7.79. The number of benzene rings is 1. The normalized spacial score (nSPS) is 17.1. The first-order valence-corrected chi connectivity index (χ1v) is 11.1. The largest absolute Gasteiger partial charge is 0.379 e. The minimum atomic E-state index is -3.85. The second-order valence-electron chi connectivity index (χ2n) is 7.02. The van der Waals surface area contributed by atoms with E-state index in [9.17, 15) is 13.2 Å². The van der Waals surface area contributed by atoms with Gasteiger partial charge >= 0.3 is 0 Å². The summed E-state index contributed by atoms with van der Waals surface area (Å²) < 4.78 is 28.6. The first-order valence-electron chi connectivity index (χ1n) is 9.51. The van der Waals surface area contributed by atoms with Crippen molar-refractivity contribution in [2.24, 2.45) is 11.1 Å². The molecular weight excluding hydrogens is 366 g/mol. The lowest BCUT2D eigenvalue weighted by atomic mass is 9.92. The number of amides is 1. The molecule has 152 valence electrons. The van der Waals surface area contributed by atoms with E-state index in [-0.39, 0.29) is 16.8 Å². The first-order chi connectivity index (χ1) is 12.8. The summed E-state index contributed by atoms with van der Waals surface area (Å²) in [5.41, 5.74) is 1.05. The Labute approximate surface area is 162 Å². The van der Waals surface area contributed by atoms with Gasteiger partial charge < -0.3 is 10.1 Å². The zero-order valence-electron chi connectivity index (χ0n) is 16.4. The number of carbonyl (C=O) groups excluding carboxylic acids is 1. The van der Waals surface area contributed by atoms with Gasteiger partial charge in [-0.2, -0.15) is 0 Å². The molecule has 0 aliphatic carbocycles. The predicted octanol–water partition coefficient (Wildman–Crippen LogP) is 1.51. The van der Waals surface area contributed by atoms with Gasteiger partial charge in [-0.05, 0) is 30.5 Å². The molecule has 1 saturated heterocycles. The molecule has 1 heterocycles. The third kappa shape index (κ3) is 5.75. The second kappa shape index (κ2) is 9.64. The summed E-state index contributed by atoms with van der Waals surface area (Å²) in [7, 11) is -3.85. The van der Waals surface area contributed by atoms with Crippen molar-refractivity contribution in [2.45, 2.75) is 44.6 Å². The quantitative estimate of drug-likeness (QED) is 0.692. The van der Waals surface area contributed by atoms with Crippen LogP contribution in [0.15, 0.2) is 23.1 Å². The van der Waals surface area contributed by atoms with Crippen molar-refractivity contribution in [2.75, 3.05) is 32.8 Å². The Morgan fingerprint density at radius 1 is 1.26 bits per heavy atom. The molecule has 2 rings (SSSR count). The number of primary sulfonamides is 1. The molecule has 0 saturated carbocycles. The van der Waals surface area contributed by atoms with Gasteiger partial charge in [-0.15, -0.1) is 0 Å². The number of aryl methyl sites for hydroxylation is 1. The van der Waals surface area contributed by atoms with Gasteiger partial charge in [0.15, 0.2) is 0 Å². The van der Waals surface area contributed by atoms with Gasteiger partial charge in [0.1, 0.15) is 0 Å². The number of rotatable bonds is 8. The molecule has 1 aliphatic rings. The van der Waals surface area contributed by atoms with E-state index < -0.39 is 10.0 Å². The molecule has 3 N–H and O–H groups in total. The van der Waals surface area contributed by atoms with Crippen LogP contribution in [0, 0.1) is 12.8 Å². The summed E-state index contributed by atoms with van der Waals surface area (Å²) in [4.78, 5) is 15.1. The summed E-state index contributed by atoms with van der Waals surface area (Å²) in [6.07, 6.45) is 2.07. The van der Waals surface area contributed by atoms with Crippen molar-refractivity contribution in [3.8, 4) is 0 Å². The lowest BCUT2D eigenvalue weighted by molar-refractivity contribution is 0.00191. The van der Waals surface area contributed by atoms with E-state index in [0.717, 1.165) is 25.9 Å². The van der Waals surface area contributed by atoms with Crippen molar-refractivity contribution < 1.29 is 17.9 Å². The number of hydrogen-bond donors (Lipinski definition) is 2. The lowest BCUT2D eigenvalue weighted by Gasteiger charge is -2.38. The SMILES string of the molecule is CCC(CC)[C@@H](CNC(=O)c1cc(S(N)(=O)=O)ccc1C)N1CCOCC1. The third-order valence-corrected chi connectivity index (χ3v) is 6.27. The smallest absolute Gasteiger partial charge is 0.251 e. The van der Waals surface area contributed by atoms with E-state index >= 15 is 0 Å². The Morgan fingerprint density at radius 2 is 1.89 bits per heavy atom. The van der Waals surface area contributed by atoms with Crippen molar-refractivity contribution in [1.82, 2.24) is 10.2 Å². The number of morpholine rings is 1. The number of nitrogens with two attached hydrogens (primary N) is 1. The van der Waals surface area contributed by atoms with Gasteiger partial charge in [0.2, 0.25) is 10.0 Å². The Hall–Kier alpha value is -1.48. The number of ether oxygens (including phenoxy) is 1. The molecular formula is C19H31N3O4S. The number of carbonyl (C=O) groups is 1. The van der Waals surface area contributed by atoms with Crippen LogP contribution in [-0.2, 0) is 14.8 Å². The van der Waals surface area contributed by atoms with Crippen LogP contribution in [0.25, 0.3) is 0 Å². The fourth-order valence-corrected chi connectivity index (χ4v) is 4.19. The van der Waals surface area contributed by atoms with Gasteiger partial charge in [0.05, 0.1) is 18.1 Å². The maximum atomic E-state index is 12.7. The number of sulfonamides is 1. The minimum absolute atomic E-state index is 0.0528. The number of hydrogen-bond acceptors (Lipinski definition) is 5. The Bertz CT molecular complexity index is 741. The van der Waals surface area contributed by atoms with Crippen LogP contribution < -0.4 is 10.5 Å². The lowest BCUT2D eigenvalue weighted by Crippen LogP contribution is -2.52. The highest BCUT2D eigenvalue weighted by molar-refractivity contribution is 7.89. The molecule has 27 heavy (non-hydrogen) atoms. The zero-order chi connectivity index (χ0) is 20.0. The summed E-state index contributed by atoms with van der Waals surface area (Å²) in [5.74, 6) is 0.197. The molecule has 0 bridgehead atoms. The molecule has 7 nitrogen and oxygen atoms in total. The average molecular weight is 398 g/mol.